The van der Waals surface area contributed by atoms with Crippen molar-refractivity contribution in [3.8, 4) is 0 Å². The zero-order valence-electron chi connectivity index (χ0n) is 25.4. The molecule has 1 aliphatic rings. The van der Waals surface area contributed by atoms with E-state index in [1.54, 1.807) is 53.4 Å². The SMILES string of the molecule is Cc1ccc(S(=O)(=O)Nc2ccc(C[C@@H](NS(=O)(=O)c3ccc4ccccc4c3)C(=O)NC[C@H]3CCCN(C(=N)N)C3)cc2)cc1. The topological polar surface area (TPSA) is 175 Å². The lowest BCUT2D eigenvalue weighted by Gasteiger charge is -2.33. The third-order valence-corrected chi connectivity index (χ3v) is 10.9. The van der Waals surface area contributed by atoms with Crippen LogP contribution in [0.3, 0.4) is 0 Å². The lowest BCUT2D eigenvalue weighted by atomic mass is 9.98. The molecule has 6 N–H and O–H groups in total. The molecular weight excluding hydrogens is 625 g/mol. The van der Waals surface area contributed by atoms with Gasteiger partial charge in [0.05, 0.1) is 9.79 Å². The van der Waals surface area contributed by atoms with E-state index in [9.17, 15) is 21.6 Å². The Morgan fingerprint density at radius 3 is 2.28 bits per heavy atom. The summed E-state index contributed by atoms with van der Waals surface area (Å²) in [6.07, 6.45) is 1.70. The Morgan fingerprint density at radius 2 is 1.59 bits per heavy atom. The van der Waals surface area contributed by atoms with Crippen molar-refractivity contribution in [1.82, 2.24) is 14.9 Å². The second-order valence-electron chi connectivity index (χ2n) is 11.6. The molecule has 2 atom stereocenters. The van der Waals surface area contributed by atoms with Crippen molar-refractivity contribution in [2.24, 2.45) is 11.7 Å². The first-order valence-electron chi connectivity index (χ1n) is 15.0. The highest BCUT2D eigenvalue weighted by atomic mass is 32.2. The van der Waals surface area contributed by atoms with Crippen LogP contribution in [0.4, 0.5) is 5.69 Å². The average molecular weight is 663 g/mol. The number of sulfonamides is 2. The number of hydrogen-bond donors (Lipinski definition) is 5. The number of carbonyl (C=O) groups excluding carboxylic acids is 1. The van der Waals surface area contributed by atoms with Crippen LogP contribution in [0.2, 0.25) is 0 Å². The van der Waals surface area contributed by atoms with Crippen molar-refractivity contribution >= 4 is 48.4 Å². The first kappa shape index (κ1) is 32.9. The van der Waals surface area contributed by atoms with Gasteiger partial charge in [-0.15, -0.1) is 0 Å². The molecule has 13 heteroatoms. The zero-order valence-corrected chi connectivity index (χ0v) is 27.1. The number of guanidine groups is 1. The highest BCUT2D eigenvalue weighted by Crippen LogP contribution is 2.21. The van der Waals surface area contributed by atoms with Gasteiger partial charge in [0, 0.05) is 25.3 Å². The van der Waals surface area contributed by atoms with Crippen LogP contribution in [0.1, 0.15) is 24.0 Å². The largest absolute Gasteiger partial charge is 0.370 e. The number of aryl methyl sites for hydroxylation is 1. The molecular formula is C33H38N6O5S2. The number of anilines is 1. The number of nitrogens with one attached hydrogen (secondary N) is 4. The minimum absolute atomic E-state index is 0.0124. The smallest absolute Gasteiger partial charge is 0.261 e. The Balaban J connectivity index is 1.33. The van der Waals surface area contributed by atoms with Crippen LogP contribution < -0.4 is 20.5 Å². The van der Waals surface area contributed by atoms with Gasteiger partial charge < -0.3 is 16.0 Å². The molecule has 1 fully saturated rings. The molecule has 4 aromatic rings. The maximum absolute atomic E-state index is 13.6. The van der Waals surface area contributed by atoms with Gasteiger partial charge in [0.1, 0.15) is 6.04 Å². The summed E-state index contributed by atoms with van der Waals surface area (Å²) in [6, 6.07) is 24.0. The molecule has 4 aromatic carbocycles. The van der Waals surface area contributed by atoms with E-state index in [4.69, 9.17) is 11.1 Å². The van der Waals surface area contributed by atoms with Crippen LogP contribution in [0, 0.1) is 18.3 Å². The maximum Gasteiger partial charge on any atom is 0.261 e. The van der Waals surface area contributed by atoms with Gasteiger partial charge in [0.25, 0.3) is 10.0 Å². The summed E-state index contributed by atoms with van der Waals surface area (Å²) >= 11 is 0. The van der Waals surface area contributed by atoms with Crippen LogP contribution in [0.25, 0.3) is 10.8 Å². The van der Waals surface area contributed by atoms with Crippen LogP contribution in [-0.4, -0.2) is 59.3 Å². The number of rotatable bonds is 11. The summed E-state index contributed by atoms with van der Waals surface area (Å²) in [5.74, 6) is -0.449. The van der Waals surface area contributed by atoms with E-state index in [-0.39, 0.29) is 28.1 Å². The Kier molecular flexibility index (Phi) is 9.94. The second kappa shape index (κ2) is 13.9. The number of nitrogens with two attached hydrogens (primary N) is 1. The molecule has 5 rings (SSSR count). The van der Waals surface area contributed by atoms with Gasteiger partial charge in [0.2, 0.25) is 15.9 Å². The van der Waals surface area contributed by atoms with Gasteiger partial charge in [-0.2, -0.15) is 4.72 Å². The summed E-state index contributed by atoms with van der Waals surface area (Å²) in [7, 11) is -7.91. The van der Waals surface area contributed by atoms with Gasteiger partial charge in [-0.1, -0.05) is 60.2 Å². The molecule has 0 radical (unpaired) electrons. The minimum atomic E-state index is -4.10. The van der Waals surface area contributed by atoms with Crippen LogP contribution in [0.5, 0.6) is 0 Å². The van der Waals surface area contributed by atoms with Gasteiger partial charge in [-0.3, -0.25) is 14.9 Å². The number of piperidine rings is 1. The Morgan fingerprint density at radius 1 is 0.913 bits per heavy atom. The molecule has 1 heterocycles. The van der Waals surface area contributed by atoms with Crippen molar-refractivity contribution in [3.05, 3.63) is 102 Å². The fourth-order valence-electron chi connectivity index (χ4n) is 5.47. The predicted molar refractivity (Wildman–Crippen MR) is 179 cm³/mol. The molecule has 0 saturated carbocycles. The number of fused-ring (bicyclic) bond motifs is 1. The summed E-state index contributed by atoms with van der Waals surface area (Å²) in [4.78, 5) is 15.5. The molecule has 1 saturated heterocycles. The standard InChI is InChI=1S/C33H38N6O5S2/c1-23-8-15-29(16-9-23)45(41,42)37-28-13-10-24(11-14-28)19-31(32(40)36-21-25-5-4-18-39(22-25)33(34)35)38-46(43,44)30-17-12-26-6-2-3-7-27(26)20-30/h2-3,6-17,20,25,31,37-38H,4-5,18-19,21-22H2,1H3,(H3,34,35)(H,36,40)/t25-,31-/m1/s1. The predicted octanol–water partition coefficient (Wildman–Crippen LogP) is 3.56. The number of nitrogens with zero attached hydrogens (tertiary/aromatic N) is 1. The molecule has 46 heavy (non-hydrogen) atoms. The number of hydrogen-bond acceptors (Lipinski definition) is 6. The van der Waals surface area contributed by atoms with Crippen LogP contribution >= 0.6 is 0 Å². The number of carbonyl (C=O) groups is 1. The normalized spacial score (nSPS) is 16.1. The molecule has 0 spiro atoms. The monoisotopic (exact) mass is 662 g/mol. The van der Waals surface area contributed by atoms with Gasteiger partial charge >= 0.3 is 0 Å². The van der Waals surface area contributed by atoms with E-state index in [2.05, 4.69) is 14.8 Å². The van der Waals surface area contributed by atoms with Gasteiger partial charge in [-0.25, -0.2) is 16.8 Å². The summed E-state index contributed by atoms with van der Waals surface area (Å²) in [5, 5.41) is 12.3. The van der Waals surface area contributed by atoms with E-state index in [0.29, 0.717) is 30.9 Å². The molecule has 1 amide bonds. The number of likely N-dealkylation sites (tertiary alicyclic amines) is 1. The Labute approximate surface area is 269 Å². The number of benzene rings is 4. The van der Waals surface area contributed by atoms with Crippen molar-refractivity contribution in [1.29, 1.82) is 5.41 Å². The fraction of sp³-hybridized carbons (Fsp3) is 0.273. The van der Waals surface area contributed by atoms with Crippen molar-refractivity contribution < 1.29 is 21.6 Å². The average Bonchev–Trinajstić information content (AvgIpc) is 3.04. The van der Waals surface area contributed by atoms with Crippen LogP contribution in [-0.2, 0) is 31.3 Å². The molecule has 0 bridgehead atoms. The highest BCUT2D eigenvalue weighted by molar-refractivity contribution is 7.92. The lowest BCUT2D eigenvalue weighted by molar-refractivity contribution is -0.122. The van der Waals surface area contributed by atoms with E-state index in [0.717, 1.165) is 29.2 Å². The third-order valence-electron chi connectivity index (χ3n) is 8.05. The van der Waals surface area contributed by atoms with Crippen molar-refractivity contribution in [2.75, 3.05) is 24.4 Å². The quantitative estimate of drug-likeness (QED) is 0.121. The lowest BCUT2D eigenvalue weighted by Crippen LogP contribution is -2.51. The molecule has 0 aliphatic carbocycles. The first-order valence-corrected chi connectivity index (χ1v) is 17.9. The molecule has 11 nitrogen and oxygen atoms in total. The molecule has 0 unspecified atom stereocenters. The zero-order chi connectivity index (χ0) is 32.9. The summed E-state index contributed by atoms with van der Waals surface area (Å²) in [5.41, 5.74) is 7.56. The third kappa shape index (κ3) is 8.22. The van der Waals surface area contributed by atoms with Gasteiger partial charge in [0.15, 0.2) is 5.96 Å². The van der Waals surface area contributed by atoms with Crippen molar-refractivity contribution in [3.63, 3.8) is 0 Å². The Bertz CT molecular complexity index is 1930. The Hall–Kier alpha value is -4.46. The van der Waals surface area contributed by atoms with Crippen molar-refractivity contribution in [2.45, 2.75) is 42.0 Å². The second-order valence-corrected chi connectivity index (χ2v) is 15.0. The summed E-state index contributed by atoms with van der Waals surface area (Å²) in [6.45, 7) is 3.39. The van der Waals surface area contributed by atoms with Crippen LogP contribution in [0.15, 0.2) is 101 Å². The molecule has 0 aromatic heterocycles. The first-order chi connectivity index (χ1) is 21.9. The molecule has 242 valence electrons. The van der Waals surface area contributed by atoms with E-state index < -0.39 is 32.0 Å². The minimum Gasteiger partial charge on any atom is -0.370 e. The highest BCUT2D eigenvalue weighted by Gasteiger charge is 2.28. The van der Waals surface area contributed by atoms with E-state index in [1.807, 2.05) is 31.2 Å². The van der Waals surface area contributed by atoms with E-state index >= 15 is 0 Å². The number of amides is 1. The van der Waals surface area contributed by atoms with Gasteiger partial charge in [-0.05, 0) is 84.8 Å². The fourth-order valence-corrected chi connectivity index (χ4v) is 7.76. The maximum atomic E-state index is 13.6. The summed E-state index contributed by atoms with van der Waals surface area (Å²) < 4.78 is 57.9. The molecule has 1 aliphatic heterocycles. The van der Waals surface area contributed by atoms with E-state index in [1.165, 1.54) is 18.2 Å².